The number of carboxylic acid groups (broad SMARTS) is 1. The zero-order valence-corrected chi connectivity index (χ0v) is 6.64. The summed E-state index contributed by atoms with van der Waals surface area (Å²) in [5.74, 6) is -1.65. The Morgan fingerprint density at radius 2 is 2.31 bits per heavy atom. The Bertz CT molecular complexity index is 299. The van der Waals surface area contributed by atoms with Crippen LogP contribution in [0.4, 0.5) is 4.39 Å². The SMILES string of the molecule is O=C(O)C[C@@H](O)c1ccc(F)cn1. The number of hydrogen-bond donors (Lipinski definition) is 2. The maximum Gasteiger partial charge on any atom is 0.306 e. The minimum atomic E-state index is -1.18. The first-order chi connectivity index (χ1) is 6.09. The highest BCUT2D eigenvalue weighted by molar-refractivity contribution is 5.67. The Balaban J connectivity index is 2.71. The van der Waals surface area contributed by atoms with E-state index in [0.29, 0.717) is 0 Å². The molecule has 0 bridgehead atoms. The molecule has 0 unspecified atom stereocenters. The topological polar surface area (TPSA) is 70.4 Å². The van der Waals surface area contributed by atoms with E-state index >= 15 is 0 Å². The molecule has 4 nitrogen and oxygen atoms in total. The van der Waals surface area contributed by atoms with Gasteiger partial charge in [-0.3, -0.25) is 9.78 Å². The number of nitrogens with zero attached hydrogens (tertiary/aromatic N) is 1. The standard InChI is InChI=1S/C8H8FNO3/c9-5-1-2-6(10-4-5)7(11)3-8(12)13/h1-2,4,7,11H,3H2,(H,12,13)/t7-/m1/s1. The van der Waals surface area contributed by atoms with Crippen molar-refractivity contribution < 1.29 is 19.4 Å². The van der Waals surface area contributed by atoms with Gasteiger partial charge in [0.1, 0.15) is 11.9 Å². The Hall–Kier alpha value is -1.49. The smallest absolute Gasteiger partial charge is 0.306 e. The fourth-order valence-electron chi connectivity index (χ4n) is 0.854. The number of aliphatic hydroxyl groups excluding tert-OH is 1. The third kappa shape index (κ3) is 2.79. The van der Waals surface area contributed by atoms with Crippen molar-refractivity contribution in [1.82, 2.24) is 4.98 Å². The number of aliphatic hydroxyl groups is 1. The van der Waals surface area contributed by atoms with Crippen LogP contribution in [0.3, 0.4) is 0 Å². The first-order valence-electron chi connectivity index (χ1n) is 3.61. The van der Waals surface area contributed by atoms with Gasteiger partial charge in [0.2, 0.25) is 0 Å². The van der Waals surface area contributed by atoms with Crippen LogP contribution in [-0.2, 0) is 4.79 Å². The molecule has 0 fully saturated rings. The molecule has 0 radical (unpaired) electrons. The molecule has 2 N–H and O–H groups in total. The molecule has 0 aliphatic rings. The van der Waals surface area contributed by atoms with Gasteiger partial charge in [-0.05, 0) is 12.1 Å². The summed E-state index contributed by atoms with van der Waals surface area (Å²) in [5, 5.41) is 17.6. The average Bonchev–Trinajstić information content (AvgIpc) is 2.04. The number of hydrogen-bond acceptors (Lipinski definition) is 3. The van der Waals surface area contributed by atoms with Crippen molar-refractivity contribution >= 4 is 5.97 Å². The second kappa shape index (κ2) is 3.95. The molecule has 13 heavy (non-hydrogen) atoms. The number of pyridine rings is 1. The summed E-state index contributed by atoms with van der Waals surface area (Å²) in [5.41, 5.74) is 0.156. The molecule has 1 aromatic rings. The highest BCUT2D eigenvalue weighted by Crippen LogP contribution is 2.13. The van der Waals surface area contributed by atoms with Gasteiger partial charge in [-0.15, -0.1) is 0 Å². The lowest BCUT2D eigenvalue weighted by Gasteiger charge is -2.05. The van der Waals surface area contributed by atoms with Crippen LogP contribution in [0.15, 0.2) is 18.3 Å². The number of halogens is 1. The Morgan fingerprint density at radius 1 is 1.62 bits per heavy atom. The summed E-state index contributed by atoms with van der Waals surface area (Å²) in [7, 11) is 0. The second-order valence-corrected chi connectivity index (χ2v) is 2.51. The normalized spacial score (nSPS) is 12.5. The van der Waals surface area contributed by atoms with Gasteiger partial charge in [-0.2, -0.15) is 0 Å². The van der Waals surface area contributed by atoms with Crippen LogP contribution in [-0.4, -0.2) is 21.2 Å². The van der Waals surface area contributed by atoms with E-state index in [1.807, 2.05) is 0 Å². The zero-order chi connectivity index (χ0) is 9.84. The van der Waals surface area contributed by atoms with Gasteiger partial charge < -0.3 is 10.2 Å². The summed E-state index contributed by atoms with van der Waals surface area (Å²) in [6, 6.07) is 2.37. The molecule has 0 amide bonds. The maximum absolute atomic E-state index is 12.4. The molecule has 1 aromatic heterocycles. The summed E-state index contributed by atoms with van der Waals surface area (Å²) < 4.78 is 12.4. The van der Waals surface area contributed by atoms with E-state index in [2.05, 4.69) is 4.98 Å². The lowest BCUT2D eigenvalue weighted by molar-refractivity contribution is -0.139. The van der Waals surface area contributed by atoms with Gasteiger partial charge in [-0.1, -0.05) is 0 Å². The van der Waals surface area contributed by atoms with Crippen molar-refractivity contribution in [2.45, 2.75) is 12.5 Å². The van der Waals surface area contributed by atoms with Crippen molar-refractivity contribution in [2.75, 3.05) is 0 Å². The highest BCUT2D eigenvalue weighted by Gasteiger charge is 2.12. The quantitative estimate of drug-likeness (QED) is 0.728. The molecule has 0 aliphatic carbocycles. The summed E-state index contributed by atoms with van der Waals surface area (Å²) in [6.45, 7) is 0. The third-order valence-corrected chi connectivity index (χ3v) is 1.46. The predicted octanol–water partition coefficient (Wildman–Crippen LogP) is 0.729. The largest absolute Gasteiger partial charge is 0.481 e. The van der Waals surface area contributed by atoms with Gasteiger partial charge in [0.15, 0.2) is 0 Å². The molecule has 0 saturated heterocycles. The first-order valence-corrected chi connectivity index (χ1v) is 3.61. The lowest BCUT2D eigenvalue weighted by Crippen LogP contribution is -2.06. The Kier molecular flexibility index (Phi) is 2.92. The van der Waals surface area contributed by atoms with E-state index in [0.717, 1.165) is 12.3 Å². The number of rotatable bonds is 3. The first kappa shape index (κ1) is 9.60. The minimum Gasteiger partial charge on any atom is -0.481 e. The van der Waals surface area contributed by atoms with Crippen molar-refractivity contribution in [1.29, 1.82) is 0 Å². The fourth-order valence-corrected chi connectivity index (χ4v) is 0.854. The van der Waals surface area contributed by atoms with Crippen LogP contribution < -0.4 is 0 Å². The molecule has 0 spiro atoms. The molecule has 0 aliphatic heterocycles. The zero-order valence-electron chi connectivity index (χ0n) is 6.64. The highest BCUT2D eigenvalue weighted by atomic mass is 19.1. The monoisotopic (exact) mass is 185 g/mol. The van der Waals surface area contributed by atoms with Gasteiger partial charge in [0.05, 0.1) is 18.3 Å². The van der Waals surface area contributed by atoms with Crippen LogP contribution in [0, 0.1) is 5.82 Å². The molecule has 0 saturated carbocycles. The average molecular weight is 185 g/mol. The fraction of sp³-hybridized carbons (Fsp3) is 0.250. The van der Waals surface area contributed by atoms with E-state index < -0.39 is 24.3 Å². The van der Waals surface area contributed by atoms with Crippen molar-refractivity contribution in [3.8, 4) is 0 Å². The number of carboxylic acids is 1. The minimum absolute atomic E-state index is 0.156. The van der Waals surface area contributed by atoms with Crippen LogP contribution in [0.2, 0.25) is 0 Å². The Morgan fingerprint density at radius 3 is 2.77 bits per heavy atom. The van der Waals surface area contributed by atoms with Crippen molar-refractivity contribution in [3.63, 3.8) is 0 Å². The van der Waals surface area contributed by atoms with E-state index in [1.54, 1.807) is 0 Å². The lowest BCUT2D eigenvalue weighted by atomic mass is 10.2. The van der Waals surface area contributed by atoms with Gasteiger partial charge in [0.25, 0.3) is 0 Å². The maximum atomic E-state index is 12.4. The van der Waals surface area contributed by atoms with Crippen molar-refractivity contribution in [3.05, 3.63) is 29.8 Å². The summed E-state index contributed by atoms with van der Waals surface area (Å²) in [6.07, 6.45) is -0.683. The van der Waals surface area contributed by atoms with Crippen LogP contribution in [0.1, 0.15) is 18.2 Å². The molecule has 1 heterocycles. The molecule has 0 aromatic carbocycles. The number of carbonyl (C=O) groups is 1. The van der Waals surface area contributed by atoms with Crippen LogP contribution in [0.5, 0.6) is 0 Å². The van der Waals surface area contributed by atoms with E-state index in [1.165, 1.54) is 6.07 Å². The molecular formula is C8H8FNO3. The second-order valence-electron chi connectivity index (χ2n) is 2.51. The molecular weight excluding hydrogens is 177 g/mol. The Labute approximate surface area is 73.7 Å². The van der Waals surface area contributed by atoms with Crippen molar-refractivity contribution in [2.24, 2.45) is 0 Å². The van der Waals surface area contributed by atoms with E-state index in [4.69, 9.17) is 5.11 Å². The van der Waals surface area contributed by atoms with E-state index in [-0.39, 0.29) is 5.69 Å². The molecule has 1 atom stereocenters. The molecule has 70 valence electrons. The van der Waals surface area contributed by atoms with Gasteiger partial charge >= 0.3 is 5.97 Å². The summed E-state index contributed by atoms with van der Waals surface area (Å²) in [4.78, 5) is 13.7. The van der Waals surface area contributed by atoms with Gasteiger partial charge in [0, 0.05) is 0 Å². The summed E-state index contributed by atoms with van der Waals surface area (Å²) >= 11 is 0. The van der Waals surface area contributed by atoms with Gasteiger partial charge in [-0.25, -0.2) is 4.39 Å². The predicted molar refractivity (Wildman–Crippen MR) is 41.4 cm³/mol. The number of aromatic nitrogens is 1. The number of aliphatic carboxylic acids is 1. The third-order valence-electron chi connectivity index (χ3n) is 1.46. The van der Waals surface area contributed by atoms with Crippen LogP contribution >= 0.6 is 0 Å². The molecule has 1 rings (SSSR count). The van der Waals surface area contributed by atoms with Crippen LogP contribution in [0.25, 0.3) is 0 Å². The molecule has 5 heteroatoms. The van der Waals surface area contributed by atoms with E-state index in [9.17, 15) is 14.3 Å².